The second kappa shape index (κ2) is 10.5. The zero-order valence-electron chi connectivity index (χ0n) is 20.7. The van der Waals surface area contributed by atoms with Gasteiger partial charge >= 0.3 is 0 Å². The largest absolute Gasteiger partial charge is 0.486 e. The molecule has 1 fully saturated rings. The highest BCUT2D eigenvalue weighted by atomic mass is 19.1. The number of rotatable bonds is 6. The van der Waals surface area contributed by atoms with Crippen LogP contribution in [0.3, 0.4) is 0 Å². The zero-order chi connectivity index (χ0) is 25.1. The molecule has 2 aliphatic heterocycles. The van der Waals surface area contributed by atoms with E-state index in [1.807, 2.05) is 32.0 Å². The molecule has 1 amide bonds. The summed E-state index contributed by atoms with van der Waals surface area (Å²) >= 11 is 0. The van der Waals surface area contributed by atoms with E-state index in [4.69, 9.17) is 14.5 Å². The van der Waals surface area contributed by atoms with Gasteiger partial charge in [-0.15, -0.1) is 0 Å². The van der Waals surface area contributed by atoms with E-state index in [1.165, 1.54) is 12.5 Å². The van der Waals surface area contributed by atoms with Crippen molar-refractivity contribution in [1.29, 1.82) is 0 Å². The molecule has 0 unspecified atom stereocenters. The molecule has 0 saturated carbocycles. The number of aromatic nitrogens is 2. The lowest BCUT2D eigenvalue weighted by atomic mass is 10.0. The van der Waals surface area contributed by atoms with Crippen molar-refractivity contribution in [2.24, 2.45) is 0 Å². The van der Waals surface area contributed by atoms with Crippen LogP contribution in [0.4, 0.5) is 10.3 Å². The Labute approximate surface area is 210 Å². The zero-order valence-corrected chi connectivity index (χ0v) is 20.7. The molecule has 5 rings (SSSR count). The predicted molar refractivity (Wildman–Crippen MR) is 136 cm³/mol. The monoisotopic (exact) mass is 490 g/mol. The van der Waals surface area contributed by atoms with Crippen molar-refractivity contribution in [3.05, 3.63) is 65.6 Å². The molecule has 7 nitrogen and oxygen atoms in total. The first-order chi connectivity index (χ1) is 17.5. The summed E-state index contributed by atoms with van der Waals surface area (Å²) < 4.78 is 26.3. The number of carbonyl (C=O) groups excluding carboxylic acids is 1. The Balaban J connectivity index is 1.51. The van der Waals surface area contributed by atoms with Crippen molar-refractivity contribution < 1.29 is 18.7 Å². The molecule has 3 heterocycles. The Morgan fingerprint density at radius 3 is 2.56 bits per heavy atom. The molecule has 0 atom stereocenters. The van der Waals surface area contributed by atoms with Gasteiger partial charge in [-0.1, -0.05) is 18.2 Å². The third kappa shape index (κ3) is 4.98. The van der Waals surface area contributed by atoms with E-state index in [2.05, 4.69) is 9.88 Å². The minimum Gasteiger partial charge on any atom is -0.486 e. The molecular formula is C28H31FN4O3. The topological polar surface area (TPSA) is 67.8 Å². The van der Waals surface area contributed by atoms with E-state index < -0.39 is 5.82 Å². The van der Waals surface area contributed by atoms with Crippen LogP contribution in [0.25, 0.3) is 11.3 Å². The Morgan fingerprint density at radius 2 is 1.81 bits per heavy atom. The smallest absolute Gasteiger partial charge is 0.258 e. The summed E-state index contributed by atoms with van der Waals surface area (Å²) in [6.45, 7) is 7.00. The van der Waals surface area contributed by atoms with Crippen molar-refractivity contribution in [2.75, 3.05) is 31.2 Å². The average molecular weight is 491 g/mol. The molecule has 188 valence electrons. The first-order valence-electron chi connectivity index (χ1n) is 12.6. The van der Waals surface area contributed by atoms with E-state index in [0.717, 1.165) is 31.5 Å². The molecule has 0 spiro atoms. The molecule has 2 aromatic carbocycles. The third-order valence-corrected chi connectivity index (χ3v) is 6.62. The summed E-state index contributed by atoms with van der Waals surface area (Å²) in [4.78, 5) is 27.1. The maximum atomic E-state index is 14.9. The standard InChI is InChI=1S/C28H31FN4O3/c1-19(2)33(18-20-10-11-24-25(16-20)36-15-14-35-24)27(34)22-17-30-28(32-12-6-3-7-13-32)31-26(22)21-8-4-5-9-23(21)29/h4-5,8-11,16-17,19H,3,6-7,12-15,18H2,1-2H3. The van der Waals surface area contributed by atoms with Gasteiger partial charge in [0.05, 0.1) is 11.3 Å². The highest BCUT2D eigenvalue weighted by molar-refractivity contribution is 6.00. The van der Waals surface area contributed by atoms with E-state index in [0.29, 0.717) is 48.5 Å². The summed E-state index contributed by atoms with van der Waals surface area (Å²) in [5, 5.41) is 0. The number of halogens is 1. The molecule has 8 heteroatoms. The van der Waals surface area contributed by atoms with Crippen LogP contribution in [-0.4, -0.2) is 53.1 Å². The van der Waals surface area contributed by atoms with Crippen molar-refractivity contribution in [1.82, 2.24) is 14.9 Å². The van der Waals surface area contributed by atoms with Crippen LogP contribution in [0.1, 0.15) is 49.0 Å². The molecular weight excluding hydrogens is 459 g/mol. The molecule has 0 aliphatic carbocycles. The number of hydrogen-bond acceptors (Lipinski definition) is 6. The number of fused-ring (bicyclic) bond motifs is 1. The van der Waals surface area contributed by atoms with Gasteiger partial charge in [0.25, 0.3) is 5.91 Å². The summed E-state index contributed by atoms with van der Waals surface area (Å²) in [5.41, 5.74) is 1.82. The van der Waals surface area contributed by atoms with Crippen molar-refractivity contribution in [2.45, 2.75) is 45.7 Å². The molecule has 1 aromatic heterocycles. The number of anilines is 1. The Kier molecular flexibility index (Phi) is 7.02. The summed E-state index contributed by atoms with van der Waals surface area (Å²) in [6, 6.07) is 12.0. The number of hydrogen-bond donors (Lipinski definition) is 0. The van der Waals surface area contributed by atoms with Gasteiger partial charge in [-0.3, -0.25) is 4.79 Å². The number of benzene rings is 2. The van der Waals surface area contributed by atoms with Gasteiger partial charge in [0.15, 0.2) is 11.5 Å². The fourth-order valence-electron chi connectivity index (χ4n) is 4.66. The van der Waals surface area contributed by atoms with E-state index in [9.17, 15) is 9.18 Å². The molecule has 36 heavy (non-hydrogen) atoms. The molecule has 2 aliphatic rings. The van der Waals surface area contributed by atoms with Crippen LogP contribution in [-0.2, 0) is 6.54 Å². The van der Waals surface area contributed by atoms with Gasteiger partial charge in [0.2, 0.25) is 5.95 Å². The minimum absolute atomic E-state index is 0.110. The number of amides is 1. The molecule has 0 radical (unpaired) electrons. The lowest BCUT2D eigenvalue weighted by molar-refractivity contribution is 0.0690. The highest BCUT2D eigenvalue weighted by Gasteiger charge is 2.27. The highest BCUT2D eigenvalue weighted by Crippen LogP contribution is 2.32. The van der Waals surface area contributed by atoms with E-state index >= 15 is 0 Å². The van der Waals surface area contributed by atoms with Crippen LogP contribution in [0, 0.1) is 5.82 Å². The fourth-order valence-corrected chi connectivity index (χ4v) is 4.66. The van der Waals surface area contributed by atoms with Gasteiger partial charge < -0.3 is 19.3 Å². The van der Waals surface area contributed by atoms with Gasteiger partial charge in [0, 0.05) is 37.4 Å². The van der Waals surface area contributed by atoms with Gasteiger partial charge in [-0.2, -0.15) is 0 Å². The maximum absolute atomic E-state index is 14.9. The van der Waals surface area contributed by atoms with Crippen LogP contribution in [0.15, 0.2) is 48.7 Å². The first-order valence-corrected chi connectivity index (χ1v) is 12.6. The predicted octanol–water partition coefficient (Wildman–Crippen LogP) is 5.10. The average Bonchev–Trinajstić information content (AvgIpc) is 2.91. The summed E-state index contributed by atoms with van der Waals surface area (Å²) in [7, 11) is 0. The SMILES string of the molecule is CC(C)N(Cc1ccc2c(c1)OCCO2)C(=O)c1cnc(N2CCCCC2)nc1-c1ccccc1F. The van der Waals surface area contributed by atoms with Crippen LogP contribution in [0.5, 0.6) is 11.5 Å². The number of nitrogens with zero attached hydrogens (tertiary/aromatic N) is 4. The van der Waals surface area contributed by atoms with E-state index in [-0.39, 0.29) is 17.5 Å². The Hall–Kier alpha value is -3.68. The maximum Gasteiger partial charge on any atom is 0.258 e. The van der Waals surface area contributed by atoms with Crippen LogP contribution in [0.2, 0.25) is 0 Å². The van der Waals surface area contributed by atoms with Crippen molar-refractivity contribution >= 4 is 11.9 Å². The third-order valence-electron chi connectivity index (χ3n) is 6.62. The molecule has 0 N–H and O–H groups in total. The van der Waals surface area contributed by atoms with Crippen LogP contribution >= 0.6 is 0 Å². The molecule has 1 saturated heterocycles. The molecule has 0 bridgehead atoms. The molecule has 3 aromatic rings. The van der Waals surface area contributed by atoms with Gasteiger partial charge in [0.1, 0.15) is 19.0 Å². The second-order valence-electron chi connectivity index (χ2n) is 9.46. The fraction of sp³-hybridized carbons (Fsp3) is 0.393. The quantitative estimate of drug-likeness (QED) is 0.479. The van der Waals surface area contributed by atoms with Crippen molar-refractivity contribution in [3.8, 4) is 22.8 Å². The number of ether oxygens (including phenoxy) is 2. The number of piperidine rings is 1. The van der Waals surface area contributed by atoms with Crippen LogP contribution < -0.4 is 14.4 Å². The Bertz CT molecular complexity index is 1240. The summed E-state index contributed by atoms with van der Waals surface area (Å²) in [5.74, 6) is 1.25. The number of carbonyl (C=O) groups is 1. The minimum atomic E-state index is -0.419. The van der Waals surface area contributed by atoms with E-state index in [1.54, 1.807) is 29.3 Å². The first kappa shape index (κ1) is 24.0. The normalized spacial score (nSPS) is 15.2. The lowest BCUT2D eigenvalue weighted by Gasteiger charge is -2.29. The van der Waals surface area contributed by atoms with Gasteiger partial charge in [-0.25, -0.2) is 14.4 Å². The Morgan fingerprint density at radius 1 is 1.06 bits per heavy atom. The lowest BCUT2D eigenvalue weighted by Crippen LogP contribution is -2.37. The second-order valence-corrected chi connectivity index (χ2v) is 9.46. The van der Waals surface area contributed by atoms with Crippen molar-refractivity contribution in [3.63, 3.8) is 0 Å². The van der Waals surface area contributed by atoms with Gasteiger partial charge in [-0.05, 0) is 62.9 Å². The summed E-state index contributed by atoms with van der Waals surface area (Å²) in [6.07, 6.45) is 4.86.